The van der Waals surface area contributed by atoms with Gasteiger partial charge in [0.05, 0.1) is 0 Å². The standard InChI is InChI=1S/C10H14O2/c1-6-5-8(6)10-4-3-9(12-10)7(2)11/h3-4,6-8,11H,5H2,1-2H3. The average molecular weight is 166 g/mol. The average Bonchev–Trinajstić information content (AvgIpc) is 2.59. The summed E-state index contributed by atoms with van der Waals surface area (Å²) in [6, 6.07) is 3.85. The molecule has 0 aliphatic heterocycles. The molecule has 0 spiro atoms. The van der Waals surface area contributed by atoms with E-state index in [0.29, 0.717) is 11.7 Å². The van der Waals surface area contributed by atoms with E-state index in [0.717, 1.165) is 11.7 Å². The first-order valence-electron chi connectivity index (χ1n) is 4.46. The molecule has 66 valence electrons. The van der Waals surface area contributed by atoms with Gasteiger partial charge in [-0.25, -0.2) is 0 Å². The highest BCUT2D eigenvalue weighted by atomic mass is 16.4. The summed E-state index contributed by atoms with van der Waals surface area (Å²) < 4.78 is 5.49. The summed E-state index contributed by atoms with van der Waals surface area (Å²) in [5.74, 6) is 3.10. The largest absolute Gasteiger partial charge is 0.463 e. The third kappa shape index (κ3) is 1.27. The lowest BCUT2D eigenvalue weighted by Gasteiger charge is -1.97. The van der Waals surface area contributed by atoms with E-state index in [9.17, 15) is 5.11 Å². The summed E-state index contributed by atoms with van der Waals surface area (Å²) in [6.07, 6.45) is 0.750. The zero-order valence-electron chi connectivity index (χ0n) is 7.45. The molecule has 1 fully saturated rings. The Kier molecular flexibility index (Phi) is 1.72. The molecule has 1 aromatic rings. The minimum absolute atomic E-state index is 0.479. The Bertz CT molecular complexity index is 275. The second kappa shape index (κ2) is 2.63. The van der Waals surface area contributed by atoms with E-state index < -0.39 is 6.10 Å². The predicted octanol–water partition coefficient (Wildman–Crippen LogP) is 2.46. The summed E-state index contributed by atoms with van der Waals surface area (Å²) in [7, 11) is 0. The lowest BCUT2D eigenvalue weighted by Crippen LogP contribution is -1.85. The van der Waals surface area contributed by atoms with E-state index in [2.05, 4.69) is 6.92 Å². The maximum absolute atomic E-state index is 9.21. The van der Waals surface area contributed by atoms with E-state index in [1.165, 1.54) is 6.42 Å². The fraction of sp³-hybridized carbons (Fsp3) is 0.600. The molecular weight excluding hydrogens is 152 g/mol. The van der Waals surface area contributed by atoms with Gasteiger partial charge in [-0.05, 0) is 31.4 Å². The number of rotatable bonds is 2. The highest BCUT2D eigenvalue weighted by Gasteiger charge is 2.36. The fourth-order valence-electron chi connectivity index (χ4n) is 1.51. The van der Waals surface area contributed by atoms with Crippen molar-refractivity contribution in [1.29, 1.82) is 0 Å². The minimum atomic E-state index is -0.479. The molecule has 2 heteroatoms. The van der Waals surface area contributed by atoms with Gasteiger partial charge in [0.1, 0.15) is 17.6 Å². The van der Waals surface area contributed by atoms with E-state index in [-0.39, 0.29) is 0 Å². The number of furan rings is 1. The van der Waals surface area contributed by atoms with Crippen LogP contribution in [0, 0.1) is 5.92 Å². The quantitative estimate of drug-likeness (QED) is 0.732. The van der Waals surface area contributed by atoms with Gasteiger partial charge < -0.3 is 9.52 Å². The summed E-state index contributed by atoms with van der Waals surface area (Å²) in [5, 5.41) is 9.21. The van der Waals surface area contributed by atoms with Crippen LogP contribution < -0.4 is 0 Å². The molecule has 0 radical (unpaired) electrons. The highest BCUT2D eigenvalue weighted by molar-refractivity contribution is 5.18. The minimum Gasteiger partial charge on any atom is -0.463 e. The Morgan fingerprint density at radius 3 is 2.67 bits per heavy atom. The second-order valence-electron chi connectivity index (χ2n) is 3.74. The number of hydrogen-bond donors (Lipinski definition) is 1. The highest BCUT2D eigenvalue weighted by Crippen LogP contribution is 2.47. The summed E-state index contributed by atoms with van der Waals surface area (Å²) in [4.78, 5) is 0. The van der Waals surface area contributed by atoms with Crippen molar-refractivity contribution in [3.05, 3.63) is 23.7 Å². The van der Waals surface area contributed by atoms with E-state index in [1.54, 1.807) is 6.92 Å². The van der Waals surface area contributed by atoms with Gasteiger partial charge in [-0.3, -0.25) is 0 Å². The first kappa shape index (κ1) is 7.87. The molecule has 3 unspecified atom stereocenters. The zero-order chi connectivity index (χ0) is 8.72. The maximum Gasteiger partial charge on any atom is 0.132 e. The van der Waals surface area contributed by atoms with Crippen LogP contribution in [0.2, 0.25) is 0 Å². The van der Waals surface area contributed by atoms with Gasteiger partial charge in [-0.1, -0.05) is 6.92 Å². The maximum atomic E-state index is 9.21. The van der Waals surface area contributed by atoms with Gasteiger partial charge in [0.15, 0.2) is 0 Å². The van der Waals surface area contributed by atoms with Crippen molar-refractivity contribution in [2.24, 2.45) is 5.92 Å². The molecule has 0 amide bonds. The number of aliphatic hydroxyl groups excluding tert-OH is 1. The Labute approximate surface area is 72.2 Å². The summed E-state index contributed by atoms with van der Waals surface area (Å²) in [5.41, 5.74) is 0. The first-order valence-corrected chi connectivity index (χ1v) is 4.46. The number of hydrogen-bond acceptors (Lipinski definition) is 2. The molecule has 1 heterocycles. The topological polar surface area (TPSA) is 33.4 Å². The summed E-state index contributed by atoms with van der Waals surface area (Å²) in [6.45, 7) is 3.94. The fourth-order valence-corrected chi connectivity index (χ4v) is 1.51. The molecule has 0 bridgehead atoms. The Hall–Kier alpha value is -0.760. The molecule has 1 saturated carbocycles. The van der Waals surface area contributed by atoms with Crippen molar-refractivity contribution in [1.82, 2.24) is 0 Å². The lowest BCUT2D eigenvalue weighted by atomic mass is 10.2. The molecular formula is C10H14O2. The molecule has 0 aromatic carbocycles. The van der Waals surface area contributed by atoms with Crippen LogP contribution in [0.5, 0.6) is 0 Å². The predicted molar refractivity (Wildman–Crippen MR) is 45.9 cm³/mol. The van der Waals surface area contributed by atoms with Crippen LogP contribution in [-0.2, 0) is 0 Å². The second-order valence-corrected chi connectivity index (χ2v) is 3.74. The third-order valence-electron chi connectivity index (χ3n) is 2.53. The molecule has 1 aromatic heterocycles. The van der Waals surface area contributed by atoms with Crippen LogP contribution in [0.4, 0.5) is 0 Å². The summed E-state index contributed by atoms with van der Waals surface area (Å²) >= 11 is 0. The lowest BCUT2D eigenvalue weighted by molar-refractivity contribution is 0.167. The van der Waals surface area contributed by atoms with Crippen LogP contribution in [0.15, 0.2) is 16.5 Å². The van der Waals surface area contributed by atoms with Gasteiger partial charge in [-0.15, -0.1) is 0 Å². The van der Waals surface area contributed by atoms with E-state index in [4.69, 9.17) is 4.42 Å². The van der Waals surface area contributed by atoms with E-state index >= 15 is 0 Å². The Morgan fingerprint density at radius 1 is 1.58 bits per heavy atom. The molecule has 1 aliphatic rings. The van der Waals surface area contributed by atoms with Crippen LogP contribution in [0.1, 0.15) is 43.8 Å². The van der Waals surface area contributed by atoms with Crippen molar-refractivity contribution in [3.63, 3.8) is 0 Å². The molecule has 2 rings (SSSR count). The smallest absolute Gasteiger partial charge is 0.132 e. The first-order chi connectivity index (χ1) is 5.68. The Morgan fingerprint density at radius 2 is 2.25 bits per heavy atom. The molecule has 1 N–H and O–H groups in total. The SMILES string of the molecule is CC(O)c1ccc(C2CC2C)o1. The van der Waals surface area contributed by atoms with Crippen LogP contribution in [-0.4, -0.2) is 5.11 Å². The van der Waals surface area contributed by atoms with E-state index in [1.807, 2.05) is 12.1 Å². The molecule has 3 atom stereocenters. The van der Waals surface area contributed by atoms with Gasteiger partial charge in [0.2, 0.25) is 0 Å². The monoisotopic (exact) mass is 166 g/mol. The van der Waals surface area contributed by atoms with Gasteiger partial charge in [-0.2, -0.15) is 0 Å². The zero-order valence-corrected chi connectivity index (χ0v) is 7.45. The van der Waals surface area contributed by atoms with Crippen molar-refractivity contribution in [3.8, 4) is 0 Å². The normalized spacial score (nSPS) is 30.2. The van der Waals surface area contributed by atoms with Crippen LogP contribution in [0.25, 0.3) is 0 Å². The van der Waals surface area contributed by atoms with Crippen molar-refractivity contribution < 1.29 is 9.52 Å². The molecule has 12 heavy (non-hydrogen) atoms. The van der Waals surface area contributed by atoms with Crippen molar-refractivity contribution >= 4 is 0 Å². The van der Waals surface area contributed by atoms with Crippen LogP contribution in [0.3, 0.4) is 0 Å². The van der Waals surface area contributed by atoms with Crippen molar-refractivity contribution in [2.45, 2.75) is 32.3 Å². The number of aliphatic hydroxyl groups is 1. The van der Waals surface area contributed by atoms with Gasteiger partial charge in [0.25, 0.3) is 0 Å². The van der Waals surface area contributed by atoms with Crippen LogP contribution >= 0.6 is 0 Å². The van der Waals surface area contributed by atoms with Crippen molar-refractivity contribution in [2.75, 3.05) is 0 Å². The molecule has 2 nitrogen and oxygen atoms in total. The van der Waals surface area contributed by atoms with Gasteiger partial charge in [0, 0.05) is 5.92 Å². The molecule has 1 aliphatic carbocycles. The molecule has 0 saturated heterocycles. The van der Waals surface area contributed by atoms with Gasteiger partial charge >= 0.3 is 0 Å². The third-order valence-corrected chi connectivity index (χ3v) is 2.53. The Balaban J connectivity index is 2.14.